The van der Waals surface area contributed by atoms with Gasteiger partial charge in [-0.25, -0.2) is 15.0 Å². The largest absolute Gasteiger partial charge is 0.491 e. The second-order valence-electron chi connectivity index (χ2n) is 11.2. The van der Waals surface area contributed by atoms with Crippen molar-refractivity contribution in [3.63, 3.8) is 0 Å². The van der Waals surface area contributed by atoms with Gasteiger partial charge < -0.3 is 28.9 Å². The summed E-state index contributed by atoms with van der Waals surface area (Å²) in [6.07, 6.45) is 1.02. The van der Waals surface area contributed by atoms with Crippen LogP contribution in [0.3, 0.4) is 0 Å². The zero-order valence-electron chi connectivity index (χ0n) is 25.1. The summed E-state index contributed by atoms with van der Waals surface area (Å²) in [6, 6.07) is 9.68. The molecule has 0 unspecified atom stereocenters. The molecule has 43 heavy (non-hydrogen) atoms. The van der Waals surface area contributed by atoms with Gasteiger partial charge in [0.1, 0.15) is 29.8 Å². The van der Waals surface area contributed by atoms with Crippen LogP contribution in [0, 0.1) is 20.8 Å². The third kappa shape index (κ3) is 6.04. The molecule has 0 spiro atoms. The van der Waals surface area contributed by atoms with Gasteiger partial charge in [0, 0.05) is 30.8 Å². The smallest absolute Gasteiger partial charge is 0.163 e. The second-order valence-corrected chi connectivity index (χ2v) is 11.6. The van der Waals surface area contributed by atoms with Crippen molar-refractivity contribution in [2.24, 2.45) is 0 Å². The van der Waals surface area contributed by atoms with Crippen LogP contribution in [-0.2, 0) is 17.8 Å². The molecule has 10 nitrogen and oxygen atoms in total. The first-order valence-electron chi connectivity index (χ1n) is 14.8. The second kappa shape index (κ2) is 12.5. The van der Waals surface area contributed by atoms with Crippen LogP contribution in [0.1, 0.15) is 48.0 Å². The number of anilines is 2. The summed E-state index contributed by atoms with van der Waals surface area (Å²) in [6.45, 7) is 12.5. The van der Waals surface area contributed by atoms with Crippen LogP contribution in [0.5, 0.6) is 5.75 Å². The highest BCUT2D eigenvalue weighted by Gasteiger charge is 2.28. The SMILES string of the molecule is CCC[C@@H](O)COc1ccc(Cl)c(-c2nc(-c3c(C)noc3C)c(C)c(N3Cc4ccc(N5CCOCC5)nc4C3)n2)c1. The monoisotopic (exact) mass is 604 g/mol. The number of rotatable bonds is 9. The Balaban J connectivity index is 1.39. The molecule has 2 aliphatic rings. The van der Waals surface area contributed by atoms with E-state index in [9.17, 15) is 5.11 Å². The molecular weight excluding hydrogens is 568 g/mol. The zero-order valence-corrected chi connectivity index (χ0v) is 25.8. The van der Waals surface area contributed by atoms with Gasteiger partial charge in [0.05, 0.1) is 53.5 Å². The number of hydrogen-bond donors (Lipinski definition) is 1. The zero-order chi connectivity index (χ0) is 30.1. The molecule has 226 valence electrons. The van der Waals surface area contributed by atoms with Crippen molar-refractivity contribution < 1.29 is 19.1 Å². The molecule has 3 aromatic heterocycles. The minimum Gasteiger partial charge on any atom is -0.491 e. The van der Waals surface area contributed by atoms with E-state index in [1.807, 2.05) is 33.8 Å². The summed E-state index contributed by atoms with van der Waals surface area (Å²) in [5, 5.41) is 14.9. The van der Waals surface area contributed by atoms with Gasteiger partial charge in [0.2, 0.25) is 0 Å². The topological polar surface area (TPSA) is 110 Å². The molecule has 0 aliphatic carbocycles. The maximum atomic E-state index is 10.2. The van der Waals surface area contributed by atoms with Crippen LogP contribution < -0.4 is 14.5 Å². The van der Waals surface area contributed by atoms with E-state index in [4.69, 9.17) is 40.5 Å². The van der Waals surface area contributed by atoms with Crippen molar-refractivity contribution in [1.82, 2.24) is 20.1 Å². The van der Waals surface area contributed by atoms with E-state index in [2.05, 4.69) is 27.1 Å². The molecule has 5 heterocycles. The predicted molar refractivity (Wildman–Crippen MR) is 166 cm³/mol. The summed E-state index contributed by atoms with van der Waals surface area (Å²) >= 11 is 6.75. The third-order valence-electron chi connectivity index (χ3n) is 8.02. The average molecular weight is 605 g/mol. The predicted octanol–water partition coefficient (Wildman–Crippen LogP) is 5.67. The highest BCUT2D eigenvalue weighted by Crippen LogP contribution is 2.39. The van der Waals surface area contributed by atoms with Gasteiger partial charge in [-0.1, -0.05) is 36.2 Å². The number of pyridine rings is 1. The summed E-state index contributed by atoms with van der Waals surface area (Å²) in [7, 11) is 0. The van der Waals surface area contributed by atoms with Gasteiger partial charge in [0.15, 0.2) is 5.82 Å². The van der Waals surface area contributed by atoms with Gasteiger partial charge in [-0.2, -0.15) is 0 Å². The lowest BCUT2D eigenvalue weighted by molar-refractivity contribution is 0.0994. The molecule has 1 N–H and O–H groups in total. The molecule has 0 amide bonds. The lowest BCUT2D eigenvalue weighted by atomic mass is 10.0. The van der Waals surface area contributed by atoms with Crippen molar-refractivity contribution >= 4 is 23.2 Å². The Kier molecular flexibility index (Phi) is 8.52. The van der Waals surface area contributed by atoms with Crippen molar-refractivity contribution in [1.29, 1.82) is 0 Å². The van der Waals surface area contributed by atoms with Crippen LogP contribution in [0.15, 0.2) is 34.9 Å². The summed E-state index contributed by atoms with van der Waals surface area (Å²) in [4.78, 5) is 19.7. The molecule has 1 aromatic carbocycles. The van der Waals surface area contributed by atoms with Crippen molar-refractivity contribution in [2.75, 3.05) is 42.7 Å². The van der Waals surface area contributed by atoms with Crippen LogP contribution in [0.25, 0.3) is 22.6 Å². The minimum absolute atomic E-state index is 0.199. The van der Waals surface area contributed by atoms with E-state index in [1.54, 1.807) is 12.1 Å². The highest BCUT2D eigenvalue weighted by atomic mass is 35.5. The summed E-state index contributed by atoms with van der Waals surface area (Å²) < 4.78 is 17.0. The number of aliphatic hydroxyl groups is 1. The molecule has 0 saturated carbocycles. The van der Waals surface area contributed by atoms with Crippen LogP contribution in [0.4, 0.5) is 11.6 Å². The molecule has 1 fully saturated rings. The van der Waals surface area contributed by atoms with Crippen molar-refractivity contribution in [3.8, 4) is 28.4 Å². The number of halogens is 1. The number of benzene rings is 1. The van der Waals surface area contributed by atoms with Gasteiger partial charge in [-0.05, 0) is 57.0 Å². The molecule has 0 radical (unpaired) electrons. The molecule has 4 aromatic rings. The van der Waals surface area contributed by atoms with E-state index < -0.39 is 6.10 Å². The number of morpholine rings is 1. The lowest BCUT2D eigenvalue weighted by Gasteiger charge is -2.28. The maximum Gasteiger partial charge on any atom is 0.163 e. The number of aromatic nitrogens is 4. The molecule has 2 aliphatic heterocycles. The Labute approximate surface area is 256 Å². The van der Waals surface area contributed by atoms with Gasteiger partial charge in [-0.3, -0.25) is 0 Å². The Bertz CT molecular complexity index is 1600. The Morgan fingerprint density at radius 1 is 1.02 bits per heavy atom. The number of fused-ring (bicyclic) bond motifs is 1. The lowest BCUT2D eigenvalue weighted by Crippen LogP contribution is -2.36. The fraction of sp³-hybridized carbons (Fsp3) is 0.438. The van der Waals surface area contributed by atoms with Gasteiger partial charge in [-0.15, -0.1) is 0 Å². The number of aliphatic hydroxyl groups excluding tert-OH is 1. The first-order valence-corrected chi connectivity index (χ1v) is 15.2. The van der Waals surface area contributed by atoms with Crippen LogP contribution in [-0.4, -0.2) is 64.2 Å². The first-order chi connectivity index (χ1) is 20.8. The molecule has 1 saturated heterocycles. The first kappa shape index (κ1) is 29.3. The average Bonchev–Trinajstić information content (AvgIpc) is 3.59. The number of ether oxygens (including phenoxy) is 2. The van der Waals surface area contributed by atoms with E-state index in [-0.39, 0.29) is 6.61 Å². The summed E-state index contributed by atoms with van der Waals surface area (Å²) in [5.74, 6) is 3.52. The Morgan fingerprint density at radius 2 is 1.84 bits per heavy atom. The highest BCUT2D eigenvalue weighted by molar-refractivity contribution is 6.33. The molecule has 0 bridgehead atoms. The van der Waals surface area contributed by atoms with Crippen LogP contribution in [0.2, 0.25) is 5.02 Å². The fourth-order valence-corrected chi connectivity index (χ4v) is 5.93. The minimum atomic E-state index is -0.535. The van der Waals surface area contributed by atoms with Crippen LogP contribution >= 0.6 is 11.6 Å². The van der Waals surface area contributed by atoms with E-state index in [0.29, 0.717) is 60.6 Å². The Hall–Kier alpha value is -3.73. The third-order valence-corrected chi connectivity index (χ3v) is 8.35. The number of aryl methyl sites for hydroxylation is 2. The molecule has 6 rings (SSSR count). The normalized spacial score (nSPS) is 15.6. The van der Waals surface area contributed by atoms with Gasteiger partial charge in [0.25, 0.3) is 0 Å². The fourth-order valence-electron chi connectivity index (χ4n) is 5.73. The number of nitrogens with zero attached hydrogens (tertiary/aromatic N) is 6. The molecular formula is C32H37ClN6O4. The number of hydrogen-bond acceptors (Lipinski definition) is 10. The standard InChI is InChI=1S/C32H37ClN6O4/c1-5-6-23(40)18-42-24-8-9-26(33)25(15-24)31-35-30(29-20(3)37-43-21(29)4)19(2)32(36-31)39-16-22-7-10-28(34-27(22)17-39)38-11-13-41-14-12-38/h7-10,15,23,40H,5-6,11-14,16-18H2,1-4H3/t23-/m1/s1. The van der Waals surface area contributed by atoms with E-state index >= 15 is 0 Å². The molecule has 1 atom stereocenters. The molecule has 11 heteroatoms. The van der Waals surface area contributed by atoms with Crippen molar-refractivity contribution in [2.45, 2.75) is 59.7 Å². The van der Waals surface area contributed by atoms with E-state index in [0.717, 1.165) is 59.4 Å². The maximum absolute atomic E-state index is 10.2. The van der Waals surface area contributed by atoms with Crippen molar-refractivity contribution in [3.05, 3.63) is 63.6 Å². The van der Waals surface area contributed by atoms with E-state index in [1.165, 1.54) is 5.56 Å². The summed E-state index contributed by atoms with van der Waals surface area (Å²) in [5.41, 5.74) is 6.13. The quantitative estimate of drug-likeness (QED) is 0.257. The van der Waals surface area contributed by atoms with Gasteiger partial charge >= 0.3 is 0 Å². The Morgan fingerprint density at radius 3 is 2.58 bits per heavy atom.